The summed E-state index contributed by atoms with van der Waals surface area (Å²) in [6.45, 7) is 6.81. The fourth-order valence-corrected chi connectivity index (χ4v) is 5.00. The van der Waals surface area contributed by atoms with Crippen molar-refractivity contribution in [2.45, 2.75) is 52.9 Å². The van der Waals surface area contributed by atoms with Crippen molar-refractivity contribution in [2.24, 2.45) is 21.8 Å². The van der Waals surface area contributed by atoms with Crippen molar-refractivity contribution in [3.05, 3.63) is 29.3 Å². The minimum atomic E-state index is -0.261. The zero-order valence-electron chi connectivity index (χ0n) is 15.7. The van der Waals surface area contributed by atoms with Gasteiger partial charge in [0.05, 0.1) is 0 Å². The lowest BCUT2D eigenvalue weighted by atomic mass is 9.70. The third-order valence-corrected chi connectivity index (χ3v) is 7.22. The van der Waals surface area contributed by atoms with Gasteiger partial charge in [0, 0.05) is 28.7 Å². The maximum absolute atomic E-state index is 12.2. The van der Waals surface area contributed by atoms with Gasteiger partial charge in [-0.05, 0) is 43.1 Å². The summed E-state index contributed by atoms with van der Waals surface area (Å²) < 4.78 is 5.67. The summed E-state index contributed by atoms with van der Waals surface area (Å²) in [4.78, 5) is 24.0. The Morgan fingerprint density at radius 2 is 2.12 bits per heavy atom. The van der Waals surface area contributed by atoms with Gasteiger partial charge in [-0.2, -0.15) is 5.10 Å². The van der Waals surface area contributed by atoms with Crippen LogP contribution in [-0.4, -0.2) is 24.0 Å². The highest BCUT2D eigenvalue weighted by atomic mass is 16.5. The van der Waals surface area contributed by atoms with Crippen molar-refractivity contribution in [3.63, 3.8) is 0 Å². The number of hydrogen-bond donors (Lipinski definition) is 1. The zero-order valence-corrected chi connectivity index (χ0v) is 15.7. The molecule has 26 heavy (non-hydrogen) atoms. The zero-order chi connectivity index (χ0) is 18.5. The molecule has 2 atom stereocenters. The molecule has 3 aliphatic carbocycles. The van der Waals surface area contributed by atoms with E-state index in [0.717, 1.165) is 29.7 Å². The van der Waals surface area contributed by atoms with Gasteiger partial charge in [-0.1, -0.05) is 32.9 Å². The van der Waals surface area contributed by atoms with E-state index in [4.69, 9.17) is 4.74 Å². The minimum Gasteiger partial charge on any atom is -0.483 e. The van der Waals surface area contributed by atoms with Crippen molar-refractivity contribution in [3.8, 4) is 5.75 Å². The first kappa shape index (κ1) is 17.3. The lowest BCUT2D eigenvalue weighted by Gasteiger charge is -2.34. The quantitative estimate of drug-likeness (QED) is 0.841. The molecule has 1 N–H and O–H groups in total. The molecule has 1 amide bonds. The maximum atomic E-state index is 12.2. The van der Waals surface area contributed by atoms with Gasteiger partial charge in [0.2, 0.25) is 0 Å². The minimum absolute atomic E-state index is 0.0758. The Morgan fingerprint density at radius 3 is 2.81 bits per heavy atom. The number of ketones is 1. The van der Waals surface area contributed by atoms with Gasteiger partial charge in [-0.15, -0.1) is 0 Å². The van der Waals surface area contributed by atoms with Crippen molar-refractivity contribution in [1.29, 1.82) is 0 Å². The van der Waals surface area contributed by atoms with Crippen molar-refractivity contribution in [2.75, 3.05) is 6.61 Å². The highest BCUT2D eigenvalue weighted by Crippen LogP contribution is 2.63. The Labute approximate surface area is 154 Å². The molecular formula is C21H26N2O3. The van der Waals surface area contributed by atoms with Crippen LogP contribution in [0.3, 0.4) is 0 Å². The van der Waals surface area contributed by atoms with Crippen LogP contribution in [0.25, 0.3) is 0 Å². The summed E-state index contributed by atoms with van der Waals surface area (Å²) in [6.07, 6.45) is 4.56. The topological polar surface area (TPSA) is 67.8 Å². The normalized spacial score (nSPS) is 29.9. The maximum Gasteiger partial charge on any atom is 0.277 e. The van der Waals surface area contributed by atoms with E-state index in [-0.39, 0.29) is 29.1 Å². The molecule has 2 unspecified atom stereocenters. The van der Waals surface area contributed by atoms with Crippen LogP contribution in [0.1, 0.15) is 62.4 Å². The monoisotopic (exact) mass is 354 g/mol. The predicted octanol–water partition coefficient (Wildman–Crippen LogP) is 3.51. The van der Waals surface area contributed by atoms with Crippen LogP contribution < -0.4 is 10.2 Å². The molecule has 0 saturated heterocycles. The van der Waals surface area contributed by atoms with Gasteiger partial charge in [0.15, 0.2) is 12.4 Å². The highest BCUT2D eigenvalue weighted by Gasteiger charge is 2.60. The molecule has 2 saturated carbocycles. The molecule has 3 aliphatic rings. The number of rotatable bonds is 4. The van der Waals surface area contributed by atoms with Crippen LogP contribution in [0.4, 0.5) is 0 Å². The van der Waals surface area contributed by atoms with Crippen molar-refractivity contribution < 1.29 is 14.3 Å². The van der Waals surface area contributed by atoms with Crippen molar-refractivity contribution >= 4 is 17.4 Å². The fraction of sp³-hybridized carbons (Fsp3) is 0.571. The van der Waals surface area contributed by atoms with E-state index < -0.39 is 0 Å². The number of nitrogens with zero attached hydrogens (tertiary/aromatic N) is 1. The molecule has 0 radical (unpaired) electrons. The van der Waals surface area contributed by atoms with E-state index >= 15 is 0 Å². The van der Waals surface area contributed by atoms with Gasteiger partial charge in [-0.3, -0.25) is 9.59 Å². The summed E-state index contributed by atoms with van der Waals surface area (Å²) >= 11 is 0. The number of hydrogen-bond acceptors (Lipinski definition) is 4. The standard InChI is InChI=1S/C21H26N2O3/c1-20(2)13-9-10-21(20,3)18(11-13)22-23-19(25)12-26-17-6-4-5-14-15(17)7-8-16(14)24/h4-6,13H,7-12H2,1-3H3,(H,23,25)/b22-18-. The molecule has 0 aliphatic heterocycles. The van der Waals surface area contributed by atoms with E-state index in [1.165, 1.54) is 6.42 Å². The molecule has 5 nitrogen and oxygen atoms in total. The lowest BCUT2D eigenvalue weighted by Crippen LogP contribution is -2.35. The number of benzene rings is 1. The molecule has 1 aromatic rings. The van der Waals surface area contributed by atoms with Crippen molar-refractivity contribution in [1.82, 2.24) is 5.43 Å². The number of fused-ring (bicyclic) bond motifs is 3. The van der Waals surface area contributed by atoms with Crippen LogP contribution in [0.2, 0.25) is 0 Å². The van der Waals surface area contributed by atoms with E-state index in [1.54, 1.807) is 6.07 Å². The van der Waals surface area contributed by atoms with Crippen LogP contribution in [-0.2, 0) is 11.2 Å². The molecule has 2 fully saturated rings. The smallest absolute Gasteiger partial charge is 0.277 e. The average Bonchev–Trinajstić information content (AvgIpc) is 3.16. The van der Waals surface area contributed by atoms with Crippen LogP contribution in [0.15, 0.2) is 23.3 Å². The highest BCUT2D eigenvalue weighted by molar-refractivity contribution is 6.01. The van der Waals surface area contributed by atoms with Crippen LogP contribution >= 0.6 is 0 Å². The van der Waals surface area contributed by atoms with E-state index in [2.05, 4.69) is 31.3 Å². The van der Waals surface area contributed by atoms with Gasteiger partial charge in [0.1, 0.15) is 5.75 Å². The molecule has 1 aromatic carbocycles. The lowest BCUT2D eigenvalue weighted by molar-refractivity contribution is -0.123. The fourth-order valence-electron chi connectivity index (χ4n) is 5.00. The second-order valence-corrected chi connectivity index (χ2v) is 8.58. The Hall–Kier alpha value is -2.17. The number of nitrogens with one attached hydrogen (secondary N) is 1. The first-order valence-electron chi connectivity index (χ1n) is 9.47. The molecule has 4 rings (SSSR count). The summed E-state index contributed by atoms with van der Waals surface area (Å²) in [5.74, 6) is 1.17. The Bertz CT molecular complexity index is 811. The molecule has 5 heteroatoms. The molecule has 0 heterocycles. The number of Topliss-reactive ketones (excluding diaryl/α,β-unsaturated/α-hetero) is 1. The van der Waals surface area contributed by atoms with E-state index in [0.29, 0.717) is 24.5 Å². The molecular weight excluding hydrogens is 328 g/mol. The van der Waals surface area contributed by atoms with E-state index in [9.17, 15) is 9.59 Å². The third-order valence-electron chi connectivity index (χ3n) is 7.22. The Morgan fingerprint density at radius 1 is 1.31 bits per heavy atom. The molecule has 138 valence electrons. The van der Waals surface area contributed by atoms with Gasteiger partial charge in [-0.25, -0.2) is 5.43 Å². The number of carbonyl (C=O) groups excluding carboxylic acids is 2. The second kappa shape index (κ2) is 5.93. The van der Waals surface area contributed by atoms with Gasteiger partial charge < -0.3 is 4.74 Å². The Balaban J connectivity index is 1.39. The number of carbonyl (C=O) groups is 2. The largest absolute Gasteiger partial charge is 0.483 e. The summed E-state index contributed by atoms with van der Waals surface area (Å²) in [7, 11) is 0. The SMILES string of the molecule is CC12CCC(C/C1=N/NC(=O)COc1cccc3c1CCC3=O)C2(C)C. The number of ether oxygens (including phenoxy) is 1. The summed E-state index contributed by atoms with van der Waals surface area (Å²) in [5, 5.41) is 4.45. The first-order valence-corrected chi connectivity index (χ1v) is 9.47. The summed E-state index contributed by atoms with van der Waals surface area (Å²) in [6, 6.07) is 5.44. The van der Waals surface area contributed by atoms with E-state index in [1.807, 2.05) is 12.1 Å². The Kier molecular flexibility index (Phi) is 3.94. The van der Waals surface area contributed by atoms with Crippen LogP contribution in [0.5, 0.6) is 5.75 Å². The van der Waals surface area contributed by atoms with Crippen LogP contribution in [0, 0.1) is 16.7 Å². The second-order valence-electron chi connectivity index (χ2n) is 8.58. The molecule has 0 spiro atoms. The van der Waals surface area contributed by atoms with Gasteiger partial charge >= 0.3 is 0 Å². The number of amides is 1. The van der Waals surface area contributed by atoms with Gasteiger partial charge in [0.25, 0.3) is 5.91 Å². The first-order chi connectivity index (χ1) is 12.3. The molecule has 0 aromatic heterocycles. The third kappa shape index (κ3) is 2.48. The molecule has 2 bridgehead atoms. The predicted molar refractivity (Wildman–Crippen MR) is 99.4 cm³/mol. The average molecular weight is 354 g/mol. The summed E-state index contributed by atoms with van der Waals surface area (Å²) in [5.41, 5.74) is 5.74. The number of hydrazone groups is 1.